The Labute approximate surface area is 93.4 Å². The van der Waals surface area contributed by atoms with Crippen molar-refractivity contribution in [2.24, 2.45) is 11.8 Å². The highest BCUT2D eigenvalue weighted by Crippen LogP contribution is 2.32. The molecule has 2 atom stereocenters. The van der Waals surface area contributed by atoms with E-state index in [-0.39, 0.29) is 11.6 Å². The first-order chi connectivity index (χ1) is 6.88. The molecule has 0 aromatic heterocycles. The number of carbonyl (C=O) groups is 1. The van der Waals surface area contributed by atoms with Crippen molar-refractivity contribution >= 4 is 5.97 Å². The molecular weight excluding hydrogens is 188 g/mol. The number of hydrogen-bond acceptors (Lipinski definition) is 2. The van der Waals surface area contributed by atoms with Crippen LogP contribution in [0.25, 0.3) is 0 Å². The van der Waals surface area contributed by atoms with E-state index < -0.39 is 0 Å². The van der Waals surface area contributed by atoms with Gasteiger partial charge in [-0.15, -0.1) is 0 Å². The van der Waals surface area contributed by atoms with E-state index in [1.165, 1.54) is 25.7 Å². The minimum absolute atomic E-state index is 0.0266. The van der Waals surface area contributed by atoms with Crippen molar-refractivity contribution < 1.29 is 9.53 Å². The Morgan fingerprint density at radius 1 is 1.27 bits per heavy atom. The molecule has 0 N–H and O–H groups in total. The highest BCUT2D eigenvalue weighted by atomic mass is 16.6. The van der Waals surface area contributed by atoms with Crippen molar-refractivity contribution in [1.82, 2.24) is 0 Å². The lowest BCUT2D eigenvalue weighted by Crippen LogP contribution is -2.27. The van der Waals surface area contributed by atoms with E-state index in [0.29, 0.717) is 18.3 Å². The van der Waals surface area contributed by atoms with E-state index in [1.54, 1.807) is 0 Å². The standard InChI is InChI=1S/C13H24O2/c1-10-7-5-6-8-11(10)9-12(14)15-13(2,3)4/h10-11H,5-9H2,1-4H3. The number of hydrogen-bond donors (Lipinski definition) is 0. The fourth-order valence-corrected chi connectivity index (χ4v) is 2.29. The quantitative estimate of drug-likeness (QED) is 0.654. The van der Waals surface area contributed by atoms with Gasteiger partial charge in [0.05, 0.1) is 0 Å². The fraction of sp³-hybridized carbons (Fsp3) is 0.923. The molecule has 0 aliphatic heterocycles. The van der Waals surface area contributed by atoms with Crippen molar-refractivity contribution in [3.8, 4) is 0 Å². The molecule has 0 saturated heterocycles. The van der Waals surface area contributed by atoms with Crippen LogP contribution in [0.3, 0.4) is 0 Å². The van der Waals surface area contributed by atoms with E-state index in [0.717, 1.165) is 0 Å². The Bertz CT molecular complexity index is 215. The summed E-state index contributed by atoms with van der Waals surface area (Å²) in [5.41, 5.74) is -0.338. The summed E-state index contributed by atoms with van der Waals surface area (Å²) < 4.78 is 5.35. The van der Waals surface area contributed by atoms with Gasteiger partial charge in [-0.05, 0) is 39.0 Å². The second-order valence-electron chi connectivity index (χ2n) is 5.81. The highest BCUT2D eigenvalue weighted by Gasteiger charge is 2.26. The summed E-state index contributed by atoms with van der Waals surface area (Å²) in [5.74, 6) is 1.21. The number of esters is 1. The molecule has 88 valence electrons. The maximum Gasteiger partial charge on any atom is 0.306 e. The Morgan fingerprint density at radius 2 is 1.87 bits per heavy atom. The zero-order valence-corrected chi connectivity index (χ0v) is 10.5. The molecule has 2 unspecified atom stereocenters. The van der Waals surface area contributed by atoms with E-state index in [4.69, 9.17) is 4.74 Å². The van der Waals surface area contributed by atoms with Crippen molar-refractivity contribution in [3.05, 3.63) is 0 Å². The van der Waals surface area contributed by atoms with Gasteiger partial charge in [-0.1, -0.05) is 26.2 Å². The molecule has 0 aromatic rings. The van der Waals surface area contributed by atoms with Gasteiger partial charge in [-0.2, -0.15) is 0 Å². The number of ether oxygens (including phenoxy) is 1. The molecule has 0 aromatic carbocycles. The third-order valence-corrected chi connectivity index (χ3v) is 3.14. The largest absolute Gasteiger partial charge is 0.460 e. The normalized spacial score (nSPS) is 27.5. The Balaban J connectivity index is 2.36. The monoisotopic (exact) mass is 212 g/mol. The molecule has 15 heavy (non-hydrogen) atoms. The second kappa shape index (κ2) is 5.00. The van der Waals surface area contributed by atoms with E-state index in [2.05, 4.69) is 6.92 Å². The predicted octanol–water partition coefficient (Wildman–Crippen LogP) is 3.54. The SMILES string of the molecule is CC1CCCCC1CC(=O)OC(C)(C)C. The van der Waals surface area contributed by atoms with Crippen LogP contribution in [-0.2, 0) is 9.53 Å². The van der Waals surface area contributed by atoms with Crippen molar-refractivity contribution in [1.29, 1.82) is 0 Å². The lowest BCUT2D eigenvalue weighted by molar-refractivity contribution is -0.156. The molecule has 0 radical (unpaired) electrons. The first-order valence-corrected chi connectivity index (χ1v) is 6.10. The third-order valence-electron chi connectivity index (χ3n) is 3.14. The molecule has 0 bridgehead atoms. The zero-order valence-electron chi connectivity index (χ0n) is 10.5. The molecule has 1 aliphatic rings. The molecule has 2 nitrogen and oxygen atoms in total. The summed E-state index contributed by atoms with van der Waals surface area (Å²) in [6.45, 7) is 8.04. The summed E-state index contributed by atoms with van der Waals surface area (Å²) in [5, 5.41) is 0. The van der Waals surface area contributed by atoms with Gasteiger partial charge in [0.25, 0.3) is 0 Å². The van der Waals surface area contributed by atoms with Crippen LogP contribution in [0.5, 0.6) is 0 Å². The van der Waals surface area contributed by atoms with Crippen molar-refractivity contribution in [3.63, 3.8) is 0 Å². The van der Waals surface area contributed by atoms with E-state index in [9.17, 15) is 4.79 Å². The average molecular weight is 212 g/mol. The number of rotatable bonds is 2. The Hall–Kier alpha value is -0.530. The highest BCUT2D eigenvalue weighted by molar-refractivity contribution is 5.70. The van der Waals surface area contributed by atoms with Crippen molar-refractivity contribution in [2.45, 2.75) is 65.4 Å². The van der Waals surface area contributed by atoms with Crippen LogP contribution in [0.15, 0.2) is 0 Å². The summed E-state index contributed by atoms with van der Waals surface area (Å²) in [6.07, 6.45) is 5.68. The lowest BCUT2D eigenvalue weighted by atomic mass is 9.79. The zero-order chi connectivity index (χ0) is 11.5. The van der Waals surface area contributed by atoms with Crippen molar-refractivity contribution in [2.75, 3.05) is 0 Å². The first-order valence-electron chi connectivity index (χ1n) is 6.10. The second-order valence-corrected chi connectivity index (χ2v) is 5.81. The lowest BCUT2D eigenvalue weighted by Gasteiger charge is -2.29. The van der Waals surface area contributed by atoms with Gasteiger partial charge in [0.15, 0.2) is 0 Å². The average Bonchev–Trinajstić information content (AvgIpc) is 2.05. The fourth-order valence-electron chi connectivity index (χ4n) is 2.29. The van der Waals surface area contributed by atoms with Crippen LogP contribution in [0.2, 0.25) is 0 Å². The third kappa shape index (κ3) is 4.67. The van der Waals surface area contributed by atoms with Crippen LogP contribution in [0.1, 0.15) is 59.8 Å². The van der Waals surface area contributed by atoms with Crippen LogP contribution < -0.4 is 0 Å². The maximum atomic E-state index is 11.7. The van der Waals surface area contributed by atoms with Gasteiger partial charge in [-0.3, -0.25) is 4.79 Å². The molecule has 2 heteroatoms. The van der Waals surface area contributed by atoms with Gasteiger partial charge in [0, 0.05) is 6.42 Å². The van der Waals surface area contributed by atoms with Gasteiger partial charge < -0.3 is 4.74 Å². The van der Waals surface area contributed by atoms with Crippen LogP contribution >= 0.6 is 0 Å². The van der Waals surface area contributed by atoms with E-state index in [1.807, 2.05) is 20.8 Å². The van der Waals surface area contributed by atoms with Gasteiger partial charge in [0.1, 0.15) is 5.60 Å². The van der Waals surface area contributed by atoms with E-state index >= 15 is 0 Å². The maximum absolute atomic E-state index is 11.7. The molecular formula is C13H24O2. The minimum Gasteiger partial charge on any atom is -0.460 e. The van der Waals surface area contributed by atoms with Crippen LogP contribution in [0.4, 0.5) is 0 Å². The Morgan fingerprint density at radius 3 is 2.40 bits per heavy atom. The summed E-state index contributed by atoms with van der Waals surface area (Å²) in [7, 11) is 0. The topological polar surface area (TPSA) is 26.3 Å². The van der Waals surface area contributed by atoms with Gasteiger partial charge >= 0.3 is 5.97 Å². The predicted molar refractivity (Wildman–Crippen MR) is 61.6 cm³/mol. The van der Waals surface area contributed by atoms with Crippen LogP contribution in [-0.4, -0.2) is 11.6 Å². The molecule has 0 heterocycles. The Kier molecular flexibility index (Phi) is 4.18. The molecule has 0 spiro atoms. The minimum atomic E-state index is -0.338. The molecule has 1 aliphatic carbocycles. The smallest absolute Gasteiger partial charge is 0.306 e. The van der Waals surface area contributed by atoms with Gasteiger partial charge in [0.2, 0.25) is 0 Å². The molecule has 1 saturated carbocycles. The summed E-state index contributed by atoms with van der Waals surface area (Å²) in [4.78, 5) is 11.7. The van der Waals surface area contributed by atoms with Crippen LogP contribution in [0, 0.1) is 11.8 Å². The van der Waals surface area contributed by atoms with Gasteiger partial charge in [-0.25, -0.2) is 0 Å². The first kappa shape index (κ1) is 12.5. The number of carbonyl (C=O) groups excluding carboxylic acids is 1. The molecule has 1 fully saturated rings. The summed E-state index contributed by atoms with van der Waals surface area (Å²) >= 11 is 0. The molecule has 0 amide bonds. The molecule has 1 rings (SSSR count). The summed E-state index contributed by atoms with van der Waals surface area (Å²) in [6, 6.07) is 0.